The molecule has 22 heavy (non-hydrogen) atoms. The number of rotatable bonds is 7. The summed E-state index contributed by atoms with van der Waals surface area (Å²) in [4.78, 5) is 1.09. The van der Waals surface area contributed by atoms with Crippen LogP contribution in [0, 0.1) is 0 Å². The van der Waals surface area contributed by atoms with Crippen LogP contribution >= 0.6 is 11.8 Å². The van der Waals surface area contributed by atoms with Crippen LogP contribution in [0.4, 0.5) is 13.2 Å². The number of hydrogen-bond donors (Lipinski definition) is 0. The van der Waals surface area contributed by atoms with Crippen LogP contribution in [0.3, 0.4) is 0 Å². The molecular formula is C17H19F3OS. The Hall–Kier alpha value is -1.36. The van der Waals surface area contributed by atoms with Crippen molar-refractivity contribution in [1.82, 2.24) is 0 Å². The zero-order chi connectivity index (χ0) is 16.0. The number of unbranched alkanes of at least 4 members (excludes halogenated alkanes) is 2. The Bertz CT molecular complexity index is 610. The van der Waals surface area contributed by atoms with Gasteiger partial charge in [0.05, 0.1) is 0 Å². The van der Waals surface area contributed by atoms with Crippen molar-refractivity contribution in [2.24, 2.45) is 0 Å². The second-order valence-electron chi connectivity index (χ2n) is 5.07. The molecule has 2 aromatic carbocycles. The zero-order valence-electron chi connectivity index (χ0n) is 12.5. The van der Waals surface area contributed by atoms with E-state index in [0.717, 1.165) is 27.8 Å². The Morgan fingerprint density at radius 1 is 1.00 bits per heavy atom. The summed E-state index contributed by atoms with van der Waals surface area (Å²) in [5.41, 5.74) is 0. The van der Waals surface area contributed by atoms with Crippen molar-refractivity contribution >= 4 is 22.5 Å². The number of halogens is 3. The molecule has 0 aliphatic carbocycles. The summed E-state index contributed by atoms with van der Waals surface area (Å²) in [5, 5.41) is 1.68. The van der Waals surface area contributed by atoms with Gasteiger partial charge in [-0.1, -0.05) is 44.0 Å². The highest BCUT2D eigenvalue weighted by atomic mass is 32.2. The van der Waals surface area contributed by atoms with Crippen molar-refractivity contribution in [3.05, 3.63) is 36.4 Å². The van der Waals surface area contributed by atoms with Crippen LogP contribution in [0.25, 0.3) is 10.8 Å². The van der Waals surface area contributed by atoms with Crippen LogP contribution in [-0.2, 0) is 0 Å². The number of thioether (sulfide) groups is 1. The lowest BCUT2D eigenvalue weighted by atomic mass is 10.1. The van der Waals surface area contributed by atoms with Gasteiger partial charge in [-0.15, -0.1) is 11.8 Å². The summed E-state index contributed by atoms with van der Waals surface area (Å²) in [6, 6.07) is 10.9. The van der Waals surface area contributed by atoms with Gasteiger partial charge in [-0.2, -0.15) is 13.2 Å². The molecule has 0 aromatic heterocycles. The Morgan fingerprint density at radius 2 is 1.73 bits per heavy atom. The molecule has 0 aliphatic rings. The van der Waals surface area contributed by atoms with E-state index >= 15 is 0 Å². The minimum absolute atomic E-state index is 0.283. The summed E-state index contributed by atoms with van der Waals surface area (Å²) in [5.74, 6) is 1.30. The number of ether oxygens (including phenoxy) is 1. The normalized spacial score (nSPS) is 11.8. The number of alkyl halides is 3. The van der Waals surface area contributed by atoms with Gasteiger partial charge in [-0.25, -0.2) is 0 Å². The van der Waals surface area contributed by atoms with Crippen molar-refractivity contribution < 1.29 is 17.9 Å². The third-order valence-electron chi connectivity index (χ3n) is 3.24. The van der Waals surface area contributed by atoms with Crippen LogP contribution in [-0.4, -0.2) is 18.5 Å². The maximum atomic E-state index is 12.3. The molecule has 0 saturated carbocycles. The lowest BCUT2D eigenvalue weighted by Crippen LogP contribution is -2.19. The minimum atomic E-state index is -4.32. The molecule has 0 amide bonds. The maximum Gasteiger partial charge on any atom is 0.422 e. The summed E-state index contributed by atoms with van der Waals surface area (Å²) in [7, 11) is 0. The third kappa shape index (κ3) is 4.83. The van der Waals surface area contributed by atoms with E-state index in [2.05, 4.69) is 6.92 Å². The highest BCUT2D eigenvalue weighted by Gasteiger charge is 2.28. The Morgan fingerprint density at radius 3 is 2.41 bits per heavy atom. The molecule has 1 nitrogen and oxygen atoms in total. The first kappa shape index (κ1) is 17.0. The molecule has 0 radical (unpaired) electrons. The highest BCUT2D eigenvalue weighted by Crippen LogP contribution is 2.35. The standard InChI is InChI=1S/C17H19F3OS/c1-2-3-6-11-22-16-10-9-15(21-12-17(18,19)20)13-7-4-5-8-14(13)16/h4-5,7-10H,2-3,6,11-12H2,1H3. The Balaban J connectivity index is 2.19. The van der Waals surface area contributed by atoms with Gasteiger partial charge in [0.15, 0.2) is 6.61 Å². The van der Waals surface area contributed by atoms with Crippen LogP contribution in [0.5, 0.6) is 5.75 Å². The maximum absolute atomic E-state index is 12.3. The van der Waals surface area contributed by atoms with Crippen molar-refractivity contribution in [2.45, 2.75) is 37.3 Å². The molecule has 0 bridgehead atoms. The van der Waals surface area contributed by atoms with Crippen LogP contribution in [0.15, 0.2) is 41.3 Å². The van der Waals surface area contributed by atoms with E-state index in [1.165, 1.54) is 12.8 Å². The fourth-order valence-corrected chi connectivity index (χ4v) is 3.26. The van der Waals surface area contributed by atoms with Crippen LogP contribution < -0.4 is 4.74 Å². The Labute approximate surface area is 132 Å². The van der Waals surface area contributed by atoms with E-state index in [1.807, 2.05) is 24.3 Å². The molecule has 120 valence electrons. The molecule has 0 N–H and O–H groups in total. The summed E-state index contributed by atoms with van der Waals surface area (Å²) >= 11 is 1.74. The van der Waals surface area contributed by atoms with Crippen molar-refractivity contribution in [2.75, 3.05) is 12.4 Å². The van der Waals surface area contributed by atoms with Crippen molar-refractivity contribution in [1.29, 1.82) is 0 Å². The fourth-order valence-electron chi connectivity index (χ4n) is 2.19. The first-order valence-corrected chi connectivity index (χ1v) is 8.34. The summed E-state index contributed by atoms with van der Waals surface area (Å²) in [6.07, 6.45) is -0.820. The monoisotopic (exact) mass is 328 g/mol. The second-order valence-corrected chi connectivity index (χ2v) is 6.20. The molecule has 5 heteroatoms. The summed E-state index contributed by atoms with van der Waals surface area (Å²) < 4.78 is 41.9. The largest absolute Gasteiger partial charge is 0.483 e. The second kappa shape index (κ2) is 7.77. The Kier molecular flexibility index (Phi) is 6.00. The predicted octanol–water partition coefficient (Wildman–Crippen LogP) is 6.06. The molecule has 0 unspecified atom stereocenters. The number of hydrogen-bond acceptors (Lipinski definition) is 2. The van der Waals surface area contributed by atoms with E-state index in [4.69, 9.17) is 4.74 Å². The van der Waals surface area contributed by atoms with E-state index in [1.54, 1.807) is 23.9 Å². The lowest BCUT2D eigenvalue weighted by molar-refractivity contribution is -0.153. The summed E-state index contributed by atoms with van der Waals surface area (Å²) in [6.45, 7) is 0.896. The third-order valence-corrected chi connectivity index (χ3v) is 4.40. The molecule has 2 aromatic rings. The van der Waals surface area contributed by atoms with E-state index < -0.39 is 12.8 Å². The van der Waals surface area contributed by atoms with E-state index in [-0.39, 0.29) is 5.75 Å². The van der Waals surface area contributed by atoms with Crippen molar-refractivity contribution in [3.63, 3.8) is 0 Å². The number of benzene rings is 2. The van der Waals surface area contributed by atoms with Gasteiger partial charge in [0.25, 0.3) is 0 Å². The van der Waals surface area contributed by atoms with Crippen LogP contribution in [0.1, 0.15) is 26.2 Å². The van der Waals surface area contributed by atoms with Gasteiger partial charge in [-0.3, -0.25) is 0 Å². The SMILES string of the molecule is CCCCCSc1ccc(OCC(F)(F)F)c2ccccc12. The lowest BCUT2D eigenvalue weighted by Gasteiger charge is -2.13. The fraction of sp³-hybridized carbons (Fsp3) is 0.412. The van der Waals surface area contributed by atoms with Crippen molar-refractivity contribution in [3.8, 4) is 5.75 Å². The molecule has 0 aliphatic heterocycles. The van der Waals surface area contributed by atoms with Gasteiger partial charge in [0.2, 0.25) is 0 Å². The minimum Gasteiger partial charge on any atom is -0.483 e. The topological polar surface area (TPSA) is 9.23 Å². The number of fused-ring (bicyclic) bond motifs is 1. The molecule has 0 fully saturated rings. The van der Waals surface area contributed by atoms with Gasteiger partial charge in [-0.05, 0) is 29.7 Å². The molecular weight excluding hydrogens is 309 g/mol. The van der Waals surface area contributed by atoms with Gasteiger partial charge < -0.3 is 4.74 Å². The van der Waals surface area contributed by atoms with Gasteiger partial charge in [0.1, 0.15) is 5.75 Å². The average Bonchev–Trinajstić information content (AvgIpc) is 2.49. The predicted molar refractivity (Wildman–Crippen MR) is 85.7 cm³/mol. The first-order valence-electron chi connectivity index (χ1n) is 7.35. The van der Waals surface area contributed by atoms with Crippen LogP contribution in [0.2, 0.25) is 0 Å². The van der Waals surface area contributed by atoms with Gasteiger partial charge in [0, 0.05) is 10.3 Å². The smallest absolute Gasteiger partial charge is 0.422 e. The quantitative estimate of drug-likeness (QED) is 0.451. The molecule has 2 rings (SSSR count). The molecule has 0 saturated heterocycles. The average molecular weight is 328 g/mol. The van der Waals surface area contributed by atoms with E-state index in [9.17, 15) is 13.2 Å². The molecule has 0 heterocycles. The molecule has 0 atom stereocenters. The first-order chi connectivity index (χ1) is 10.5. The zero-order valence-corrected chi connectivity index (χ0v) is 13.3. The van der Waals surface area contributed by atoms with Gasteiger partial charge >= 0.3 is 6.18 Å². The van der Waals surface area contributed by atoms with E-state index in [0.29, 0.717) is 0 Å². The molecule has 0 spiro atoms. The highest BCUT2D eigenvalue weighted by molar-refractivity contribution is 7.99.